The lowest BCUT2D eigenvalue weighted by molar-refractivity contribution is 0.184. The molecule has 0 radical (unpaired) electrons. The Morgan fingerprint density at radius 3 is 2.50 bits per heavy atom. The number of hydrogen-bond donors (Lipinski definition) is 2. The maximum atomic E-state index is 3.63. The van der Waals surface area contributed by atoms with Gasteiger partial charge in [-0.25, -0.2) is 0 Å². The summed E-state index contributed by atoms with van der Waals surface area (Å²) in [5, 5.41) is 7.04. The number of hydrogen-bond acceptors (Lipinski definition) is 2. The van der Waals surface area contributed by atoms with Gasteiger partial charge in [-0.1, -0.05) is 0 Å². The van der Waals surface area contributed by atoms with Gasteiger partial charge >= 0.3 is 0 Å². The Morgan fingerprint density at radius 2 is 1.80 bits per heavy atom. The second kappa shape index (κ2) is 2.51. The summed E-state index contributed by atoms with van der Waals surface area (Å²) in [6.45, 7) is 3.54. The van der Waals surface area contributed by atoms with E-state index in [9.17, 15) is 0 Å². The van der Waals surface area contributed by atoms with Crippen molar-refractivity contribution in [2.45, 2.75) is 31.2 Å². The molecular formula is C8H16N2. The van der Waals surface area contributed by atoms with Gasteiger partial charge in [-0.05, 0) is 32.2 Å². The zero-order chi connectivity index (χ0) is 6.86. The van der Waals surface area contributed by atoms with Crippen LogP contribution < -0.4 is 10.6 Å². The summed E-state index contributed by atoms with van der Waals surface area (Å²) >= 11 is 0. The van der Waals surface area contributed by atoms with E-state index >= 15 is 0 Å². The fourth-order valence-electron chi connectivity index (χ4n) is 1.99. The second-order valence-corrected chi connectivity index (χ2v) is 3.56. The van der Waals surface area contributed by atoms with E-state index in [1.54, 1.807) is 0 Å². The van der Waals surface area contributed by atoms with Crippen molar-refractivity contribution in [2.75, 3.05) is 19.6 Å². The van der Waals surface area contributed by atoms with E-state index in [0.717, 1.165) is 6.54 Å². The highest BCUT2D eigenvalue weighted by Gasteiger charge is 2.36. The fourth-order valence-corrected chi connectivity index (χ4v) is 1.99. The monoisotopic (exact) mass is 140 g/mol. The molecule has 1 saturated heterocycles. The number of nitrogens with one attached hydrogen (secondary N) is 2. The molecular weight excluding hydrogens is 124 g/mol. The topological polar surface area (TPSA) is 24.1 Å². The van der Waals surface area contributed by atoms with Crippen LogP contribution in [-0.4, -0.2) is 25.2 Å². The molecule has 1 aliphatic heterocycles. The molecule has 2 rings (SSSR count). The predicted molar refractivity (Wildman–Crippen MR) is 42.1 cm³/mol. The van der Waals surface area contributed by atoms with Gasteiger partial charge in [0.15, 0.2) is 0 Å². The van der Waals surface area contributed by atoms with E-state index in [-0.39, 0.29) is 0 Å². The third kappa shape index (κ3) is 1.06. The maximum Gasteiger partial charge on any atom is 0.0194 e. The van der Waals surface area contributed by atoms with Crippen LogP contribution in [0.1, 0.15) is 25.7 Å². The molecule has 0 amide bonds. The summed E-state index contributed by atoms with van der Waals surface area (Å²) in [5.74, 6) is 0. The summed E-state index contributed by atoms with van der Waals surface area (Å²) in [6, 6.07) is 0. The molecule has 10 heavy (non-hydrogen) atoms. The minimum atomic E-state index is 0.573. The van der Waals surface area contributed by atoms with Crippen LogP contribution in [0, 0.1) is 0 Å². The summed E-state index contributed by atoms with van der Waals surface area (Å²) in [6.07, 6.45) is 5.60. The van der Waals surface area contributed by atoms with Gasteiger partial charge in [0, 0.05) is 18.6 Å². The highest BCUT2D eigenvalue weighted by atomic mass is 15.1. The van der Waals surface area contributed by atoms with Gasteiger partial charge in [0.05, 0.1) is 0 Å². The molecule has 0 aromatic carbocycles. The molecule has 0 atom stereocenters. The normalized spacial score (nSPS) is 31.2. The van der Waals surface area contributed by atoms with Crippen molar-refractivity contribution in [3.05, 3.63) is 0 Å². The second-order valence-electron chi connectivity index (χ2n) is 3.56. The first kappa shape index (κ1) is 6.62. The Kier molecular flexibility index (Phi) is 1.66. The molecule has 1 spiro atoms. The van der Waals surface area contributed by atoms with Crippen LogP contribution in [0.3, 0.4) is 0 Å². The SMILES string of the molecule is C1CC2(C1)CCNCCN2. The summed E-state index contributed by atoms with van der Waals surface area (Å²) in [4.78, 5) is 0. The highest BCUT2D eigenvalue weighted by molar-refractivity contribution is 4.97. The molecule has 2 fully saturated rings. The van der Waals surface area contributed by atoms with Crippen molar-refractivity contribution in [3.8, 4) is 0 Å². The van der Waals surface area contributed by atoms with Crippen molar-refractivity contribution in [3.63, 3.8) is 0 Å². The van der Waals surface area contributed by atoms with Crippen molar-refractivity contribution >= 4 is 0 Å². The molecule has 58 valence electrons. The zero-order valence-electron chi connectivity index (χ0n) is 6.45. The first-order valence-electron chi connectivity index (χ1n) is 4.37. The molecule has 0 unspecified atom stereocenters. The van der Waals surface area contributed by atoms with Crippen molar-refractivity contribution in [1.29, 1.82) is 0 Å². The average molecular weight is 140 g/mol. The van der Waals surface area contributed by atoms with E-state index in [0.29, 0.717) is 5.54 Å². The van der Waals surface area contributed by atoms with Crippen LogP contribution in [0.4, 0.5) is 0 Å². The first-order chi connectivity index (χ1) is 4.91. The Labute approximate surface area is 62.4 Å². The zero-order valence-corrected chi connectivity index (χ0v) is 6.45. The van der Waals surface area contributed by atoms with Crippen LogP contribution in [0.15, 0.2) is 0 Å². The minimum Gasteiger partial charge on any atom is -0.315 e. The molecule has 2 heteroatoms. The Morgan fingerprint density at radius 1 is 0.900 bits per heavy atom. The van der Waals surface area contributed by atoms with E-state index in [2.05, 4.69) is 10.6 Å². The molecule has 1 heterocycles. The summed E-state index contributed by atoms with van der Waals surface area (Å²) in [7, 11) is 0. The van der Waals surface area contributed by atoms with E-state index < -0.39 is 0 Å². The predicted octanol–water partition coefficient (Wildman–Crippen LogP) is 0.492. The minimum absolute atomic E-state index is 0.573. The molecule has 2 N–H and O–H groups in total. The van der Waals surface area contributed by atoms with Gasteiger partial charge in [0.2, 0.25) is 0 Å². The lowest BCUT2D eigenvalue weighted by Crippen LogP contribution is -2.50. The van der Waals surface area contributed by atoms with Crippen molar-refractivity contribution < 1.29 is 0 Å². The van der Waals surface area contributed by atoms with Gasteiger partial charge in [-0.2, -0.15) is 0 Å². The third-order valence-corrected chi connectivity index (χ3v) is 2.89. The summed E-state index contributed by atoms with van der Waals surface area (Å²) < 4.78 is 0. The number of rotatable bonds is 0. The lowest BCUT2D eigenvalue weighted by atomic mass is 9.74. The molecule has 0 aromatic heterocycles. The van der Waals surface area contributed by atoms with Crippen molar-refractivity contribution in [2.24, 2.45) is 0 Å². The van der Waals surface area contributed by atoms with Crippen LogP contribution in [0.5, 0.6) is 0 Å². The van der Waals surface area contributed by atoms with Crippen LogP contribution in [-0.2, 0) is 0 Å². The third-order valence-electron chi connectivity index (χ3n) is 2.89. The van der Waals surface area contributed by atoms with Gasteiger partial charge in [-0.3, -0.25) is 0 Å². The van der Waals surface area contributed by atoms with Gasteiger partial charge < -0.3 is 10.6 Å². The fraction of sp³-hybridized carbons (Fsp3) is 1.00. The molecule has 0 bridgehead atoms. The van der Waals surface area contributed by atoms with Gasteiger partial charge in [-0.15, -0.1) is 0 Å². The van der Waals surface area contributed by atoms with Gasteiger partial charge in [0.25, 0.3) is 0 Å². The maximum absolute atomic E-state index is 3.63. The molecule has 1 aliphatic carbocycles. The van der Waals surface area contributed by atoms with Crippen molar-refractivity contribution in [1.82, 2.24) is 10.6 Å². The Hall–Kier alpha value is -0.0800. The highest BCUT2D eigenvalue weighted by Crippen LogP contribution is 2.34. The van der Waals surface area contributed by atoms with Crippen LogP contribution in [0.25, 0.3) is 0 Å². The van der Waals surface area contributed by atoms with Crippen LogP contribution in [0.2, 0.25) is 0 Å². The summed E-state index contributed by atoms with van der Waals surface area (Å²) in [5.41, 5.74) is 0.573. The Balaban J connectivity index is 1.92. The van der Waals surface area contributed by atoms with E-state index in [4.69, 9.17) is 0 Å². The van der Waals surface area contributed by atoms with Crippen LogP contribution >= 0.6 is 0 Å². The van der Waals surface area contributed by atoms with Gasteiger partial charge in [0.1, 0.15) is 0 Å². The molecule has 0 aromatic rings. The molecule has 2 aliphatic rings. The Bertz CT molecular complexity index is 108. The molecule has 2 nitrogen and oxygen atoms in total. The molecule has 1 saturated carbocycles. The van der Waals surface area contributed by atoms with E-state index in [1.807, 2.05) is 0 Å². The first-order valence-corrected chi connectivity index (χ1v) is 4.37. The largest absolute Gasteiger partial charge is 0.315 e. The quantitative estimate of drug-likeness (QED) is 0.512. The lowest BCUT2D eigenvalue weighted by Gasteiger charge is -2.41. The van der Waals surface area contributed by atoms with E-state index in [1.165, 1.54) is 38.8 Å². The smallest absolute Gasteiger partial charge is 0.0194 e. The average Bonchev–Trinajstić information content (AvgIpc) is 2.08. The standard InChI is InChI=1S/C8H16N2/c1-2-8(3-1)4-5-9-6-7-10-8/h9-10H,1-7H2.